The summed E-state index contributed by atoms with van der Waals surface area (Å²) in [5.74, 6) is -0.780. The van der Waals surface area contributed by atoms with Crippen LogP contribution < -0.4 is 0 Å². The highest BCUT2D eigenvalue weighted by Crippen LogP contribution is 2.03. The number of carbonyl (C=O) groups is 1. The number of aliphatic hydroxyl groups excluding tert-OH is 1. The third-order valence-corrected chi connectivity index (χ3v) is 2.26. The maximum absolute atomic E-state index is 10.5. The van der Waals surface area contributed by atoms with Crippen molar-refractivity contribution in [3.63, 3.8) is 0 Å². The Bertz CT molecular complexity index is 175. The molecule has 0 aliphatic rings. The normalized spacial score (nSPS) is 13.1. The molecule has 5 heteroatoms. The molecule has 0 aromatic rings. The van der Waals surface area contributed by atoms with E-state index in [-0.39, 0.29) is 19.1 Å². The maximum Gasteiger partial charge on any atom is 0.304 e. The molecule has 0 rings (SSSR count). The quantitative estimate of drug-likeness (QED) is 0.541. The molecule has 0 aromatic carbocycles. The van der Waals surface area contributed by atoms with Gasteiger partial charge >= 0.3 is 5.97 Å². The van der Waals surface area contributed by atoms with Gasteiger partial charge in [0.15, 0.2) is 0 Å². The van der Waals surface area contributed by atoms with Gasteiger partial charge in [0.1, 0.15) is 0 Å². The zero-order chi connectivity index (χ0) is 11.7. The summed E-state index contributed by atoms with van der Waals surface area (Å²) in [6.07, 6.45) is 0.147. The largest absolute Gasteiger partial charge is 0.481 e. The van der Waals surface area contributed by atoms with Crippen molar-refractivity contribution in [3.05, 3.63) is 0 Å². The molecule has 0 bridgehead atoms. The van der Waals surface area contributed by atoms with E-state index >= 15 is 0 Å². The lowest BCUT2D eigenvalue weighted by molar-refractivity contribution is -0.138. The molecule has 15 heavy (non-hydrogen) atoms. The third kappa shape index (κ3) is 7.30. The van der Waals surface area contributed by atoms with Gasteiger partial charge in [-0.2, -0.15) is 0 Å². The summed E-state index contributed by atoms with van der Waals surface area (Å²) in [4.78, 5) is 12.6. The van der Waals surface area contributed by atoms with Gasteiger partial charge in [-0.3, -0.25) is 9.69 Å². The van der Waals surface area contributed by atoms with E-state index < -0.39 is 5.97 Å². The van der Waals surface area contributed by atoms with Crippen molar-refractivity contribution in [1.82, 2.24) is 4.90 Å². The van der Waals surface area contributed by atoms with Crippen LogP contribution >= 0.6 is 0 Å². The predicted octanol–water partition coefficient (Wildman–Crippen LogP) is 0.180. The average molecular weight is 219 g/mol. The molecule has 0 amide bonds. The van der Waals surface area contributed by atoms with E-state index in [9.17, 15) is 4.79 Å². The van der Waals surface area contributed by atoms with Gasteiger partial charge in [0.25, 0.3) is 0 Å². The van der Waals surface area contributed by atoms with Crippen molar-refractivity contribution in [2.45, 2.75) is 26.3 Å². The van der Waals surface area contributed by atoms with E-state index in [4.69, 9.17) is 14.9 Å². The molecule has 0 aliphatic heterocycles. The summed E-state index contributed by atoms with van der Waals surface area (Å²) < 4.78 is 5.13. The summed E-state index contributed by atoms with van der Waals surface area (Å²) >= 11 is 0. The fraction of sp³-hybridized carbons (Fsp3) is 0.900. The topological polar surface area (TPSA) is 70.0 Å². The number of aliphatic carboxylic acids is 1. The van der Waals surface area contributed by atoms with Crippen LogP contribution in [0.4, 0.5) is 0 Å². The Balaban J connectivity index is 3.74. The smallest absolute Gasteiger partial charge is 0.304 e. The first kappa shape index (κ1) is 14.3. The Labute approximate surface area is 90.6 Å². The molecule has 0 radical (unpaired) electrons. The average Bonchev–Trinajstić information content (AvgIpc) is 2.16. The number of nitrogens with zero attached hydrogens (tertiary/aromatic N) is 1. The summed E-state index contributed by atoms with van der Waals surface area (Å²) in [6.45, 7) is 6.27. The minimum Gasteiger partial charge on any atom is -0.481 e. The van der Waals surface area contributed by atoms with Crippen LogP contribution in [-0.2, 0) is 9.53 Å². The molecule has 0 saturated heterocycles. The number of carboxylic acid groups (broad SMARTS) is 1. The van der Waals surface area contributed by atoms with Crippen LogP contribution in [0.1, 0.15) is 20.3 Å². The molecule has 90 valence electrons. The number of hydrogen-bond acceptors (Lipinski definition) is 4. The van der Waals surface area contributed by atoms with Gasteiger partial charge in [-0.25, -0.2) is 0 Å². The van der Waals surface area contributed by atoms with Gasteiger partial charge in [0.05, 0.1) is 26.2 Å². The first-order valence-corrected chi connectivity index (χ1v) is 5.26. The number of rotatable bonds is 9. The second-order valence-corrected chi connectivity index (χ2v) is 3.41. The minimum atomic E-state index is -0.780. The predicted molar refractivity (Wildman–Crippen MR) is 56.9 cm³/mol. The first-order chi connectivity index (χ1) is 7.11. The third-order valence-electron chi connectivity index (χ3n) is 2.26. The molecular formula is C10H21NO4. The van der Waals surface area contributed by atoms with Crippen LogP contribution in [0, 0.1) is 0 Å². The van der Waals surface area contributed by atoms with Gasteiger partial charge in [-0.1, -0.05) is 6.92 Å². The summed E-state index contributed by atoms with van der Waals surface area (Å²) in [7, 11) is 0. The van der Waals surface area contributed by atoms with Gasteiger partial charge in [0, 0.05) is 12.6 Å². The lowest BCUT2D eigenvalue weighted by atomic mass is 10.2. The summed E-state index contributed by atoms with van der Waals surface area (Å²) in [6, 6.07) is 0.0187. The van der Waals surface area contributed by atoms with Crippen LogP contribution in [0.5, 0.6) is 0 Å². The molecule has 0 aromatic heterocycles. The van der Waals surface area contributed by atoms with Crippen molar-refractivity contribution in [2.75, 3.05) is 32.9 Å². The number of aliphatic hydroxyl groups is 1. The summed E-state index contributed by atoms with van der Waals surface area (Å²) in [5, 5.41) is 17.1. The van der Waals surface area contributed by atoms with Crippen LogP contribution in [0.3, 0.4) is 0 Å². The van der Waals surface area contributed by atoms with E-state index in [2.05, 4.69) is 0 Å². The van der Waals surface area contributed by atoms with Crippen molar-refractivity contribution in [2.24, 2.45) is 0 Å². The Hall–Kier alpha value is -0.650. The van der Waals surface area contributed by atoms with Gasteiger partial charge in [-0.15, -0.1) is 0 Å². The monoisotopic (exact) mass is 219 g/mol. The number of likely N-dealkylation sites (N-methyl/N-ethyl adjacent to an activating group) is 1. The number of ether oxygens (including phenoxy) is 1. The molecule has 0 fully saturated rings. The highest BCUT2D eigenvalue weighted by molar-refractivity contribution is 5.67. The van der Waals surface area contributed by atoms with Gasteiger partial charge in [-0.05, 0) is 13.5 Å². The molecule has 5 nitrogen and oxygen atoms in total. The van der Waals surface area contributed by atoms with E-state index in [0.717, 1.165) is 6.54 Å². The van der Waals surface area contributed by atoms with Crippen LogP contribution in [0.2, 0.25) is 0 Å². The molecular weight excluding hydrogens is 198 g/mol. The van der Waals surface area contributed by atoms with Crippen molar-refractivity contribution >= 4 is 5.97 Å². The van der Waals surface area contributed by atoms with Crippen molar-refractivity contribution in [3.8, 4) is 0 Å². The van der Waals surface area contributed by atoms with Crippen LogP contribution in [-0.4, -0.2) is 60.0 Å². The molecule has 1 unspecified atom stereocenters. The van der Waals surface area contributed by atoms with Crippen LogP contribution in [0.15, 0.2) is 0 Å². The highest BCUT2D eigenvalue weighted by Gasteiger charge is 2.14. The van der Waals surface area contributed by atoms with E-state index in [1.54, 1.807) is 0 Å². The fourth-order valence-corrected chi connectivity index (χ4v) is 1.42. The molecule has 0 spiro atoms. The Morgan fingerprint density at radius 1 is 1.47 bits per heavy atom. The molecule has 2 N–H and O–H groups in total. The lowest BCUT2D eigenvalue weighted by Gasteiger charge is -2.26. The molecule has 0 saturated carbocycles. The van der Waals surface area contributed by atoms with Crippen molar-refractivity contribution < 1.29 is 19.7 Å². The Morgan fingerprint density at radius 3 is 2.60 bits per heavy atom. The Morgan fingerprint density at radius 2 is 2.13 bits per heavy atom. The number of hydrogen-bond donors (Lipinski definition) is 2. The molecule has 1 atom stereocenters. The fourth-order valence-electron chi connectivity index (χ4n) is 1.42. The molecule has 0 heterocycles. The summed E-state index contributed by atoms with van der Waals surface area (Å²) in [5.41, 5.74) is 0. The van der Waals surface area contributed by atoms with Crippen LogP contribution in [0.25, 0.3) is 0 Å². The SMILES string of the molecule is CCN(CCOCCO)C(C)CC(=O)O. The first-order valence-electron chi connectivity index (χ1n) is 5.26. The van der Waals surface area contributed by atoms with Crippen molar-refractivity contribution in [1.29, 1.82) is 0 Å². The Kier molecular flexibility index (Phi) is 8.27. The van der Waals surface area contributed by atoms with E-state index in [1.165, 1.54) is 0 Å². The highest BCUT2D eigenvalue weighted by atomic mass is 16.5. The maximum atomic E-state index is 10.5. The zero-order valence-electron chi connectivity index (χ0n) is 9.48. The van der Waals surface area contributed by atoms with Gasteiger partial charge < -0.3 is 14.9 Å². The second-order valence-electron chi connectivity index (χ2n) is 3.41. The second kappa shape index (κ2) is 8.64. The zero-order valence-corrected chi connectivity index (χ0v) is 9.48. The van der Waals surface area contributed by atoms with Gasteiger partial charge in [0.2, 0.25) is 0 Å². The standard InChI is InChI=1S/C10H21NO4/c1-3-11(4-6-15-7-5-12)9(2)8-10(13)14/h9,12H,3-8H2,1-2H3,(H,13,14). The lowest BCUT2D eigenvalue weighted by Crippen LogP contribution is -2.37. The molecule has 0 aliphatic carbocycles. The van der Waals surface area contributed by atoms with E-state index in [1.807, 2.05) is 18.7 Å². The minimum absolute atomic E-state index is 0.0187. The number of carboxylic acids is 1. The van der Waals surface area contributed by atoms with E-state index in [0.29, 0.717) is 19.8 Å².